The number of hydrogen-bond acceptors (Lipinski definition) is 3. The number of benzene rings is 1. The fourth-order valence-corrected chi connectivity index (χ4v) is 2.52. The van der Waals surface area contributed by atoms with Crippen molar-refractivity contribution in [1.82, 2.24) is 4.72 Å². The van der Waals surface area contributed by atoms with E-state index in [1.807, 2.05) is 0 Å². The number of hydrogen-bond donors (Lipinski definition) is 2. The molecule has 1 fully saturated rings. The highest BCUT2D eigenvalue weighted by Gasteiger charge is 2.29. The Morgan fingerprint density at radius 1 is 1.44 bits per heavy atom. The first kappa shape index (κ1) is 11.2. The number of nitrogens with one attached hydrogen (secondary N) is 1. The molecule has 5 nitrogen and oxygen atoms in total. The van der Waals surface area contributed by atoms with E-state index in [4.69, 9.17) is 0 Å². The van der Waals surface area contributed by atoms with Gasteiger partial charge in [-0.25, -0.2) is 0 Å². The van der Waals surface area contributed by atoms with Crippen LogP contribution in [-0.4, -0.2) is 26.6 Å². The quantitative estimate of drug-likeness (QED) is 0.821. The Morgan fingerprint density at radius 2 is 2.12 bits per heavy atom. The molecule has 0 radical (unpaired) electrons. The van der Waals surface area contributed by atoms with Crippen LogP contribution < -0.4 is 9.03 Å². The zero-order valence-corrected chi connectivity index (χ0v) is 9.74. The number of nitrogens with zero attached hydrogens (tertiary/aromatic N) is 1. The molecular formula is C10H14N2O3S. The van der Waals surface area contributed by atoms with Crippen molar-refractivity contribution in [3.05, 3.63) is 24.3 Å². The van der Waals surface area contributed by atoms with Crippen LogP contribution in [0.15, 0.2) is 24.3 Å². The van der Waals surface area contributed by atoms with Gasteiger partial charge in [0, 0.05) is 19.2 Å². The predicted octanol–water partition coefficient (Wildman–Crippen LogP) is 0.825. The lowest BCUT2D eigenvalue weighted by Crippen LogP contribution is -2.39. The number of aromatic hydroxyl groups is 1. The third-order valence-electron chi connectivity index (χ3n) is 2.45. The van der Waals surface area contributed by atoms with Gasteiger partial charge >= 0.3 is 10.2 Å². The van der Waals surface area contributed by atoms with Crippen LogP contribution in [0.2, 0.25) is 0 Å². The van der Waals surface area contributed by atoms with E-state index in [0.717, 1.165) is 17.1 Å². The molecule has 1 aromatic carbocycles. The number of anilines is 1. The summed E-state index contributed by atoms with van der Waals surface area (Å²) < 4.78 is 27.3. The molecule has 1 aliphatic rings. The Balaban J connectivity index is 2.20. The smallest absolute Gasteiger partial charge is 0.301 e. The lowest BCUT2D eigenvalue weighted by atomic mass is 10.3. The van der Waals surface area contributed by atoms with Gasteiger partial charge in [-0.1, -0.05) is 6.07 Å². The van der Waals surface area contributed by atoms with Crippen LogP contribution >= 0.6 is 0 Å². The summed E-state index contributed by atoms with van der Waals surface area (Å²) in [7, 11) is -2.04. The van der Waals surface area contributed by atoms with Crippen molar-refractivity contribution >= 4 is 15.9 Å². The second kappa shape index (κ2) is 3.95. The lowest BCUT2D eigenvalue weighted by Gasteiger charge is -2.19. The van der Waals surface area contributed by atoms with Gasteiger partial charge in [-0.15, -0.1) is 0 Å². The zero-order chi connectivity index (χ0) is 11.8. The third-order valence-corrected chi connectivity index (χ3v) is 4.01. The normalized spacial score (nSPS) is 16.1. The maximum atomic E-state index is 11.8. The van der Waals surface area contributed by atoms with Gasteiger partial charge in [0.25, 0.3) is 0 Å². The van der Waals surface area contributed by atoms with Crippen molar-refractivity contribution in [3.8, 4) is 5.75 Å². The highest BCUT2D eigenvalue weighted by Crippen LogP contribution is 2.24. The van der Waals surface area contributed by atoms with E-state index in [1.54, 1.807) is 12.1 Å². The maximum Gasteiger partial charge on any atom is 0.301 e. The van der Waals surface area contributed by atoms with E-state index in [0.29, 0.717) is 5.69 Å². The molecule has 0 amide bonds. The summed E-state index contributed by atoms with van der Waals surface area (Å²) in [6.45, 7) is 0. The fraction of sp³-hybridized carbons (Fsp3) is 0.400. The largest absolute Gasteiger partial charge is 0.508 e. The number of phenolic OH excluding ortho intramolecular Hbond substituents is 1. The van der Waals surface area contributed by atoms with E-state index in [9.17, 15) is 13.5 Å². The average Bonchev–Trinajstić information content (AvgIpc) is 3.00. The minimum Gasteiger partial charge on any atom is -0.508 e. The van der Waals surface area contributed by atoms with Gasteiger partial charge in [-0.2, -0.15) is 13.1 Å². The molecule has 0 aromatic heterocycles. The molecule has 0 bridgehead atoms. The van der Waals surface area contributed by atoms with Crippen molar-refractivity contribution in [1.29, 1.82) is 0 Å². The molecule has 2 N–H and O–H groups in total. The number of rotatable bonds is 4. The molecule has 2 rings (SSSR count). The van der Waals surface area contributed by atoms with Crippen LogP contribution in [0, 0.1) is 0 Å². The Bertz CT molecular complexity index is 483. The van der Waals surface area contributed by atoms with Crippen molar-refractivity contribution in [2.75, 3.05) is 11.4 Å². The molecule has 88 valence electrons. The van der Waals surface area contributed by atoms with Gasteiger partial charge in [0.2, 0.25) is 0 Å². The summed E-state index contributed by atoms with van der Waals surface area (Å²) >= 11 is 0. The van der Waals surface area contributed by atoms with Gasteiger partial charge in [0.1, 0.15) is 5.75 Å². The van der Waals surface area contributed by atoms with E-state index < -0.39 is 10.2 Å². The monoisotopic (exact) mass is 242 g/mol. The fourth-order valence-electron chi connectivity index (χ4n) is 1.32. The van der Waals surface area contributed by atoms with Gasteiger partial charge < -0.3 is 5.11 Å². The first-order chi connectivity index (χ1) is 7.49. The van der Waals surface area contributed by atoms with Crippen molar-refractivity contribution in [3.63, 3.8) is 0 Å². The molecule has 0 atom stereocenters. The maximum absolute atomic E-state index is 11.8. The van der Waals surface area contributed by atoms with E-state index in [2.05, 4.69) is 4.72 Å². The summed E-state index contributed by atoms with van der Waals surface area (Å²) in [5, 5.41) is 9.28. The van der Waals surface area contributed by atoms with Crippen molar-refractivity contribution < 1.29 is 13.5 Å². The van der Waals surface area contributed by atoms with Crippen molar-refractivity contribution in [2.24, 2.45) is 0 Å². The molecule has 0 heterocycles. The summed E-state index contributed by atoms with van der Waals surface area (Å²) in [5.41, 5.74) is 0.438. The Morgan fingerprint density at radius 3 is 2.69 bits per heavy atom. The predicted molar refractivity (Wildman–Crippen MR) is 61.6 cm³/mol. The van der Waals surface area contributed by atoms with E-state index in [1.165, 1.54) is 19.2 Å². The summed E-state index contributed by atoms with van der Waals surface area (Å²) in [4.78, 5) is 0. The molecule has 1 aliphatic carbocycles. The molecule has 0 unspecified atom stereocenters. The van der Waals surface area contributed by atoms with E-state index in [-0.39, 0.29) is 11.8 Å². The second-order valence-corrected chi connectivity index (χ2v) is 5.62. The van der Waals surface area contributed by atoms with Crippen LogP contribution in [0.1, 0.15) is 12.8 Å². The molecule has 16 heavy (non-hydrogen) atoms. The van der Waals surface area contributed by atoms with Crippen LogP contribution in [0.3, 0.4) is 0 Å². The van der Waals surface area contributed by atoms with Crippen LogP contribution in [0.25, 0.3) is 0 Å². The van der Waals surface area contributed by atoms with Crippen LogP contribution in [0.4, 0.5) is 5.69 Å². The highest BCUT2D eigenvalue weighted by molar-refractivity contribution is 7.90. The Kier molecular flexibility index (Phi) is 2.77. The summed E-state index contributed by atoms with van der Waals surface area (Å²) in [6.07, 6.45) is 1.79. The standard InChI is InChI=1S/C10H14N2O3S/c1-12(9-3-2-4-10(13)7-9)16(14,15)11-8-5-6-8/h2-4,7-8,11,13H,5-6H2,1H3. The molecule has 1 saturated carbocycles. The van der Waals surface area contributed by atoms with Gasteiger partial charge in [-0.3, -0.25) is 4.31 Å². The third kappa shape index (κ3) is 2.45. The van der Waals surface area contributed by atoms with Gasteiger partial charge in [0.05, 0.1) is 5.69 Å². The zero-order valence-electron chi connectivity index (χ0n) is 8.92. The summed E-state index contributed by atoms with van der Waals surface area (Å²) in [6, 6.07) is 6.22. The Labute approximate surface area is 94.9 Å². The molecule has 6 heteroatoms. The van der Waals surface area contributed by atoms with Gasteiger partial charge in [0.15, 0.2) is 0 Å². The minimum absolute atomic E-state index is 0.0472. The summed E-state index contributed by atoms with van der Waals surface area (Å²) in [5.74, 6) is 0.0472. The topological polar surface area (TPSA) is 69.6 Å². The molecular weight excluding hydrogens is 228 g/mol. The molecule has 1 aromatic rings. The highest BCUT2D eigenvalue weighted by atomic mass is 32.2. The molecule has 0 spiro atoms. The SMILES string of the molecule is CN(c1cccc(O)c1)S(=O)(=O)NC1CC1. The lowest BCUT2D eigenvalue weighted by molar-refractivity contribution is 0.475. The van der Waals surface area contributed by atoms with Gasteiger partial charge in [-0.05, 0) is 25.0 Å². The Hall–Kier alpha value is -1.27. The van der Waals surface area contributed by atoms with Crippen LogP contribution in [0.5, 0.6) is 5.75 Å². The van der Waals surface area contributed by atoms with E-state index >= 15 is 0 Å². The first-order valence-corrected chi connectivity index (χ1v) is 6.48. The first-order valence-electron chi connectivity index (χ1n) is 5.04. The molecule has 0 saturated heterocycles. The second-order valence-electron chi connectivity index (χ2n) is 3.88. The van der Waals surface area contributed by atoms with Crippen molar-refractivity contribution in [2.45, 2.75) is 18.9 Å². The van der Waals surface area contributed by atoms with Crippen LogP contribution in [-0.2, 0) is 10.2 Å². The molecule has 0 aliphatic heterocycles. The minimum atomic E-state index is -3.49. The number of phenols is 1. The average molecular weight is 242 g/mol.